The molecule has 1 aliphatic carbocycles. The standard InChI is InChI=1S/C21H26N4O2/c1-3-17(20(26)23-14-9-5-4-6-10-14)25-18-12-8-7-11-15(18)16-13-22-24(2)21(27)19(16)25/h7-8,11-14,17H,3-6,9-10H2,1-2H3,(H,23,26)/t17-/m0/s1. The van der Waals surface area contributed by atoms with Gasteiger partial charge in [0.15, 0.2) is 0 Å². The maximum Gasteiger partial charge on any atom is 0.291 e. The van der Waals surface area contributed by atoms with Gasteiger partial charge in [-0.25, -0.2) is 4.68 Å². The zero-order chi connectivity index (χ0) is 19.0. The van der Waals surface area contributed by atoms with E-state index in [-0.39, 0.29) is 17.5 Å². The normalized spacial score (nSPS) is 16.7. The number of rotatable bonds is 4. The van der Waals surface area contributed by atoms with Crippen LogP contribution < -0.4 is 10.9 Å². The van der Waals surface area contributed by atoms with E-state index in [2.05, 4.69) is 10.4 Å². The molecular formula is C21H26N4O2. The van der Waals surface area contributed by atoms with Crippen LogP contribution >= 0.6 is 0 Å². The molecule has 0 radical (unpaired) electrons. The zero-order valence-electron chi connectivity index (χ0n) is 15.9. The fourth-order valence-corrected chi connectivity index (χ4v) is 4.34. The third-order valence-electron chi connectivity index (χ3n) is 5.76. The summed E-state index contributed by atoms with van der Waals surface area (Å²) in [6, 6.07) is 7.70. The van der Waals surface area contributed by atoms with Crippen LogP contribution in [0.15, 0.2) is 35.3 Å². The summed E-state index contributed by atoms with van der Waals surface area (Å²) < 4.78 is 3.26. The molecule has 1 atom stereocenters. The fourth-order valence-electron chi connectivity index (χ4n) is 4.34. The van der Waals surface area contributed by atoms with Crippen molar-refractivity contribution in [3.63, 3.8) is 0 Å². The highest BCUT2D eigenvalue weighted by molar-refractivity contribution is 6.08. The molecule has 1 aromatic carbocycles. The van der Waals surface area contributed by atoms with Crippen LogP contribution in [-0.2, 0) is 11.8 Å². The molecular weight excluding hydrogens is 340 g/mol. The Hall–Kier alpha value is -2.63. The van der Waals surface area contributed by atoms with Gasteiger partial charge in [0.05, 0.1) is 11.7 Å². The summed E-state index contributed by atoms with van der Waals surface area (Å²) in [5, 5.41) is 9.18. The lowest BCUT2D eigenvalue weighted by Gasteiger charge is -2.26. The van der Waals surface area contributed by atoms with E-state index in [0.29, 0.717) is 11.9 Å². The highest BCUT2D eigenvalue weighted by Gasteiger charge is 2.27. The van der Waals surface area contributed by atoms with Gasteiger partial charge in [-0.2, -0.15) is 5.10 Å². The Morgan fingerprint density at radius 2 is 1.96 bits per heavy atom. The molecule has 0 saturated heterocycles. The Balaban J connectivity index is 1.85. The number of aromatic nitrogens is 3. The first-order valence-electron chi connectivity index (χ1n) is 9.87. The van der Waals surface area contributed by atoms with Crippen molar-refractivity contribution in [2.75, 3.05) is 0 Å². The van der Waals surface area contributed by atoms with Crippen LogP contribution in [0.4, 0.5) is 0 Å². The van der Waals surface area contributed by atoms with Gasteiger partial charge in [0.25, 0.3) is 5.56 Å². The largest absolute Gasteiger partial charge is 0.352 e. The first-order chi connectivity index (χ1) is 13.1. The van der Waals surface area contributed by atoms with Crippen molar-refractivity contribution < 1.29 is 4.79 Å². The maximum absolute atomic E-state index is 13.2. The smallest absolute Gasteiger partial charge is 0.291 e. The molecule has 6 nitrogen and oxygen atoms in total. The molecule has 1 aliphatic rings. The summed E-state index contributed by atoms with van der Waals surface area (Å²) in [7, 11) is 1.65. The van der Waals surface area contributed by atoms with E-state index >= 15 is 0 Å². The molecule has 2 heterocycles. The number of amides is 1. The third-order valence-corrected chi connectivity index (χ3v) is 5.76. The number of hydrogen-bond donors (Lipinski definition) is 1. The summed E-state index contributed by atoms with van der Waals surface area (Å²) >= 11 is 0. The number of para-hydroxylation sites is 1. The van der Waals surface area contributed by atoms with E-state index in [0.717, 1.165) is 29.1 Å². The molecule has 2 aromatic heterocycles. The van der Waals surface area contributed by atoms with Crippen LogP contribution in [0.2, 0.25) is 0 Å². The van der Waals surface area contributed by atoms with Gasteiger partial charge in [-0.1, -0.05) is 44.4 Å². The summed E-state index contributed by atoms with van der Waals surface area (Å²) in [6.07, 6.45) is 8.02. The number of nitrogens with zero attached hydrogens (tertiary/aromatic N) is 3. The maximum atomic E-state index is 13.2. The minimum absolute atomic E-state index is 0.00548. The Kier molecular flexibility index (Phi) is 4.72. The highest BCUT2D eigenvalue weighted by Crippen LogP contribution is 2.31. The molecule has 142 valence electrons. The summed E-state index contributed by atoms with van der Waals surface area (Å²) in [5.41, 5.74) is 1.29. The average Bonchev–Trinajstić information content (AvgIpc) is 3.01. The SMILES string of the molecule is CC[C@@H](C(=O)NC1CCCCC1)n1c2ccccc2c2cnn(C)c(=O)c21. The van der Waals surface area contributed by atoms with Gasteiger partial charge >= 0.3 is 0 Å². The molecule has 1 N–H and O–H groups in total. The van der Waals surface area contributed by atoms with Crippen LogP contribution in [0.25, 0.3) is 21.8 Å². The van der Waals surface area contributed by atoms with Crippen LogP contribution in [0.1, 0.15) is 51.5 Å². The lowest BCUT2D eigenvalue weighted by atomic mass is 9.95. The number of carbonyl (C=O) groups excluding carboxylic acids is 1. The highest BCUT2D eigenvalue weighted by atomic mass is 16.2. The topological polar surface area (TPSA) is 68.9 Å². The first-order valence-corrected chi connectivity index (χ1v) is 9.87. The number of benzene rings is 1. The van der Waals surface area contributed by atoms with Crippen molar-refractivity contribution in [1.82, 2.24) is 19.7 Å². The second-order valence-electron chi connectivity index (χ2n) is 7.49. The summed E-state index contributed by atoms with van der Waals surface area (Å²) in [4.78, 5) is 26.1. The number of nitrogens with one attached hydrogen (secondary N) is 1. The molecule has 1 fully saturated rings. The van der Waals surface area contributed by atoms with Crippen molar-refractivity contribution in [2.45, 2.75) is 57.5 Å². The van der Waals surface area contributed by atoms with Crippen LogP contribution in [0.5, 0.6) is 0 Å². The molecule has 0 aliphatic heterocycles. The van der Waals surface area contributed by atoms with E-state index in [4.69, 9.17) is 0 Å². The Bertz CT molecular complexity index is 1040. The van der Waals surface area contributed by atoms with Gasteiger partial charge < -0.3 is 9.88 Å². The van der Waals surface area contributed by atoms with E-state index in [1.165, 1.54) is 23.9 Å². The van der Waals surface area contributed by atoms with Gasteiger partial charge in [0, 0.05) is 23.9 Å². The lowest BCUT2D eigenvalue weighted by molar-refractivity contribution is -0.125. The molecule has 0 unspecified atom stereocenters. The molecule has 27 heavy (non-hydrogen) atoms. The van der Waals surface area contributed by atoms with E-state index in [1.54, 1.807) is 13.2 Å². The van der Waals surface area contributed by atoms with E-state index < -0.39 is 6.04 Å². The van der Waals surface area contributed by atoms with Crippen LogP contribution in [0.3, 0.4) is 0 Å². The minimum atomic E-state index is -0.413. The molecule has 4 rings (SSSR count). The Labute approximate surface area is 158 Å². The van der Waals surface area contributed by atoms with Crippen LogP contribution in [-0.4, -0.2) is 26.3 Å². The number of aryl methyl sites for hydroxylation is 1. The van der Waals surface area contributed by atoms with Gasteiger partial charge in [0.2, 0.25) is 5.91 Å². The zero-order valence-corrected chi connectivity index (χ0v) is 15.9. The molecule has 1 amide bonds. The first kappa shape index (κ1) is 17.8. The minimum Gasteiger partial charge on any atom is -0.352 e. The van der Waals surface area contributed by atoms with Crippen molar-refractivity contribution in [2.24, 2.45) is 7.05 Å². The number of hydrogen-bond acceptors (Lipinski definition) is 3. The number of fused-ring (bicyclic) bond motifs is 3. The third kappa shape index (κ3) is 3.03. The fraction of sp³-hybridized carbons (Fsp3) is 0.476. The Morgan fingerprint density at radius 3 is 2.70 bits per heavy atom. The molecule has 0 spiro atoms. The van der Waals surface area contributed by atoms with Crippen molar-refractivity contribution in [3.05, 3.63) is 40.8 Å². The van der Waals surface area contributed by atoms with Gasteiger partial charge in [0.1, 0.15) is 11.6 Å². The number of carbonyl (C=O) groups is 1. The lowest BCUT2D eigenvalue weighted by Crippen LogP contribution is -2.41. The summed E-state index contributed by atoms with van der Waals surface area (Å²) in [5.74, 6) is 0.00548. The van der Waals surface area contributed by atoms with Gasteiger partial charge in [-0.3, -0.25) is 9.59 Å². The predicted octanol–water partition coefficient (Wildman–Crippen LogP) is 3.29. The molecule has 0 bridgehead atoms. The van der Waals surface area contributed by atoms with Crippen molar-refractivity contribution in [1.29, 1.82) is 0 Å². The van der Waals surface area contributed by atoms with E-state index in [1.807, 2.05) is 35.8 Å². The Morgan fingerprint density at radius 1 is 1.22 bits per heavy atom. The van der Waals surface area contributed by atoms with Crippen molar-refractivity contribution in [3.8, 4) is 0 Å². The predicted molar refractivity (Wildman–Crippen MR) is 107 cm³/mol. The molecule has 6 heteroatoms. The second-order valence-corrected chi connectivity index (χ2v) is 7.49. The second kappa shape index (κ2) is 7.18. The van der Waals surface area contributed by atoms with Gasteiger partial charge in [-0.15, -0.1) is 0 Å². The quantitative estimate of drug-likeness (QED) is 0.770. The van der Waals surface area contributed by atoms with Crippen LogP contribution in [0, 0.1) is 0 Å². The summed E-state index contributed by atoms with van der Waals surface area (Å²) in [6.45, 7) is 2.00. The monoisotopic (exact) mass is 366 g/mol. The average molecular weight is 366 g/mol. The van der Waals surface area contributed by atoms with Crippen molar-refractivity contribution >= 4 is 27.7 Å². The molecule has 3 aromatic rings. The van der Waals surface area contributed by atoms with Gasteiger partial charge in [-0.05, 0) is 25.3 Å². The van der Waals surface area contributed by atoms with E-state index in [9.17, 15) is 9.59 Å². The molecule has 1 saturated carbocycles.